The lowest BCUT2D eigenvalue weighted by molar-refractivity contribution is 0.101. The Morgan fingerprint density at radius 1 is 1.19 bits per heavy atom. The number of halogens is 4. The number of carbonyl (C=O) groups excluding carboxylic acids is 1. The average molecular weight is 359 g/mol. The number of nitrogens with two attached hydrogens (primary N) is 1. The van der Waals surface area contributed by atoms with E-state index in [0.29, 0.717) is 5.56 Å². The summed E-state index contributed by atoms with van der Waals surface area (Å²) in [6, 6.07) is 4.41. The molecule has 0 bridgehead atoms. The molecule has 1 amide bonds. The molecule has 21 heavy (non-hydrogen) atoms. The fraction of sp³-hybridized carbons (Fsp3) is 0.0714. The maximum Gasteiger partial charge on any atom is 0.261 e. The van der Waals surface area contributed by atoms with Crippen molar-refractivity contribution in [3.63, 3.8) is 0 Å². The summed E-state index contributed by atoms with van der Waals surface area (Å²) in [6.07, 6.45) is 0. The second-order valence-electron chi connectivity index (χ2n) is 4.36. The number of hydrogen-bond donors (Lipinski definition) is 2. The van der Waals surface area contributed by atoms with Gasteiger partial charge < -0.3 is 11.1 Å². The predicted octanol–water partition coefficient (Wildman–Crippen LogP) is 4.01. The van der Waals surface area contributed by atoms with Crippen molar-refractivity contribution in [3.8, 4) is 0 Å². The van der Waals surface area contributed by atoms with Crippen molar-refractivity contribution in [3.05, 3.63) is 57.3 Å². The molecule has 2 rings (SSSR count). The van der Waals surface area contributed by atoms with Gasteiger partial charge >= 0.3 is 0 Å². The van der Waals surface area contributed by atoms with Crippen molar-refractivity contribution in [1.29, 1.82) is 0 Å². The fourth-order valence-corrected chi connectivity index (χ4v) is 2.20. The van der Waals surface area contributed by atoms with E-state index in [9.17, 15) is 18.0 Å². The van der Waals surface area contributed by atoms with Gasteiger partial charge in [-0.3, -0.25) is 4.79 Å². The van der Waals surface area contributed by atoms with Crippen LogP contribution in [-0.4, -0.2) is 5.91 Å². The molecule has 0 aliphatic rings. The summed E-state index contributed by atoms with van der Waals surface area (Å²) in [7, 11) is 0. The molecule has 7 heteroatoms. The molecule has 0 heterocycles. The zero-order valence-corrected chi connectivity index (χ0v) is 12.4. The van der Waals surface area contributed by atoms with E-state index in [0.717, 1.165) is 18.2 Å². The standard InChI is InChI=1S/C14H10BrF3N2O/c1-6-4-7(15)9(17)5-11(6)20-14(21)12-8(16)2-3-10(19)13(12)18/h2-5H,19H2,1H3,(H,20,21). The van der Waals surface area contributed by atoms with Crippen LogP contribution in [0.4, 0.5) is 24.5 Å². The maximum absolute atomic E-state index is 13.8. The summed E-state index contributed by atoms with van der Waals surface area (Å²) in [4.78, 5) is 12.0. The molecule has 0 atom stereocenters. The summed E-state index contributed by atoms with van der Waals surface area (Å²) in [5.74, 6) is -3.84. The van der Waals surface area contributed by atoms with E-state index >= 15 is 0 Å². The van der Waals surface area contributed by atoms with Gasteiger partial charge in [0.15, 0.2) is 5.82 Å². The highest BCUT2D eigenvalue weighted by Crippen LogP contribution is 2.25. The molecule has 3 N–H and O–H groups in total. The zero-order chi connectivity index (χ0) is 15.7. The molecule has 0 fully saturated rings. The lowest BCUT2D eigenvalue weighted by Gasteiger charge is -2.11. The molecule has 0 saturated carbocycles. The molecular weight excluding hydrogens is 349 g/mol. The SMILES string of the molecule is Cc1cc(Br)c(F)cc1NC(=O)c1c(F)ccc(N)c1F. The molecule has 0 unspecified atom stereocenters. The second-order valence-corrected chi connectivity index (χ2v) is 5.22. The molecule has 3 nitrogen and oxygen atoms in total. The lowest BCUT2D eigenvalue weighted by atomic mass is 10.1. The van der Waals surface area contributed by atoms with Crippen LogP contribution in [0.15, 0.2) is 28.7 Å². The molecule has 2 aromatic rings. The van der Waals surface area contributed by atoms with Crippen LogP contribution in [-0.2, 0) is 0 Å². The number of hydrogen-bond acceptors (Lipinski definition) is 2. The van der Waals surface area contributed by atoms with E-state index in [4.69, 9.17) is 5.73 Å². The molecule has 0 aliphatic heterocycles. The highest BCUT2D eigenvalue weighted by molar-refractivity contribution is 9.10. The Bertz CT molecular complexity index is 735. The Kier molecular flexibility index (Phi) is 4.22. The van der Waals surface area contributed by atoms with Crippen LogP contribution in [0.3, 0.4) is 0 Å². The maximum atomic E-state index is 13.8. The van der Waals surface area contributed by atoms with Crippen LogP contribution in [0.1, 0.15) is 15.9 Å². The number of benzene rings is 2. The third-order valence-corrected chi connectivity index (χ3v) is 3.47. The number of carbonyl (C=O) groups is 1. The first kappa shape index (κ1) is 15.4. The average Bonchev–Trinajstić information content (AvgIpc) is 2.41. The van der Waals surface area contributed by atoms with Crippen LogP contribution >= 0.6 is 15.9 Å². The van der Waals surface area contributed by atoms with Gasteiger partial charge in [0.25, 0.3) is 5.91 Å². The van der Waals surface area contributed by atoms with Gasteiger partial charge in [-0.1, -0.05) is 0 Å². The first-order valence-electron chi connectivity index (χ1n) is 5.81. The van der Waals surface area contributed by atoms with Gasteiger partial charge in [-0.15, -0.1) is 0 Å². The van der Waals surface area contributed by atoms with Gasteiger partial charge in [0, 0.05) is 5.69 Å². The van der Waals surface area contributed by atoms with Crippen LogP contribution in [0.25, 0.3) is 0 Å². The summed E-state index contributed by atoms with van der Waals surface area (Å²) < 4.78 is 41.0. The van der Waals surface area contributed by atoms with Gasteiger partial charge in [-0.05, 0) is 52.7 Å². The third kappa shape index (κ3) is 3.02. The van der Waals surface area contributed by atoms with E-state index in [-0.39, 0.29) is 15.8 Å². The van der Waals surface area contributed by atoms with E-state index in [1.807, 2.05) is 0 Å². The van der Waals surface area contributed by atoms with Crippen molar-refractivity contribution < 1.29 is 18.0 Å². The van der Waals surface area contributed by atoms with Gasteiger partial charge in [-0.25, -0.2) is 13.2 Å². The first-order valence-corrected chi connectivity index (χ1v) is 6.61. The molecule has 2 aromatic carbocycles. The Morgan fingerprint density at radius 2 is 1.86 bits per heavy atom. The predicted molar refractivity (Wildman–Crippen MR) is 77.6 cm³/mol. The van der Waals surface area contributed by atoms with Crippen molar-refractivity contribution in [1.82, 2.24) is 0 Å². The lowest BCUT2D eigenvalue weighted by Crippen LogP contribution is -2.17. The minimum Gasteiger partial charge on any atom is -0.396 e. The highest BCUT2D eigenvalue weighted by atomic mass is 79.9. The minimum atomic E-state index is -1.15. The normalized spacial score (nSPS) is 10.5. The smallest absolute Gasteiger partial charge is 0.261 e. The molecule has 0 spiro atoms. The van der Waals surface area contributed by atoms with E-state index < -0.39 is 28.9 Å². The zero-order valence-electron chi connectivity index (χ0n) is 10.8. The van der Waals surface area contributed by atoms with E-state index in [2.05, 4.69) is 21.2 Å². The van der Waals surface area contributed by atoms with Crippen LogP contribution in [0.2, 0.25) is 0 Å². The van der Waals surface area contributed by atoms with Crippen LogP contribution < -0.4 is 11.1 Å². The fourth-order valence-electron chi connectivity index (χ4n) is 1.74. The first-order chi connectivity index (χ1) is 9.81. The minimum absolute atomic E-state index is 0.113. The third-order valence-electron chi connectivity index (χ3n) is 2.86. The van der Waals surface area contributed by atoms with E-state index in [1.54, 1.807) is 6.92 Å². The van der Waals surface area contributed by atoms with Crippen molar-refractivity contribution in [2.75, 3.05) is 11.1 Å². The van der Waals surface area contributed by atoms with Crippen molar-refractivity contribution in [2.45, 2.75) is 6.92 Å². The number of nitrogen functional groups attached to an aromatic ring is 1. The van der Waals surface area contributed by atoms with Crippen molar-refractivity contribution in [2.24, 2.45) is 0 Å². The van der Waals surface area contributed by atoms with Gasteiger partial charge in [0.1, 0.15) is 17.2 Å². The molecular formula is C14H10BrF3N2O. The summed E-state index contributed by atoms with van der Waals surface area (Å²) >= 11 is 3.00. The largest absolute Gasteiger partial charge is 0.396 e. The number of amides is 1. The molecule has 0 aliphatic carbocycles. The molecule has 0 aromatic heterocycles. The van der Waals surface area contributed by atoms with E-state index in [1.165, 1.54) is 6.07 Å². The number of aryl methyl sites for hydroxylation is 1. The number of nitrogens with one attached hydrogen (secondary N) is 1. The number of rotatable bonds is 2. The Balaban J connectivity index is 2.40. The van der Waals surface area contributed by atoms with Gasteiger partial charge in [-0.2, -0.15) is 0 Å². The molecule has 0 radical (unpaired) electrons. The topological polar surface area (TPSA) is 55.1 Å². The van der Waals surface area contributed by atoms with Crippen LogP contribution in [0, 0.1) is 24.4 Å². The number of anilines is 2. The Labute approximate surface area is 127 Å². The van der Waals surface area contributed by atoms with Crippen molar-refractivity contribution >= 4 is 33.2 Å². The Morgan fingerprint density at radius 3 is 2.52 bits per heavy atom. The van der Waals surface area contributed by atoms with Gasteiger partial charge in [0.05, 0.1) is 10.2 Å². The summed E-state index contributed by atoms with van der Waals surface area (Å²) in [6.45, 7) is 1.62. The van der Waals surface area contributed by atoms with Gasteiger partial charge in [0.2, 0.25) is 0 Å². The Hall–Kier alpha value is -2.02. The second kappa shape index (κ2) is 5.77. The summed E-state index contributed by atoms with van der Waals surface area (Å²) in [5, 5.41) is 2.27. The monoisotopic (exact) mass is 358 g/mol. The molecule has 0 saturated heterocycles. The van der Waals surface area contributed by atoms with Crippen LogP contribution in [0.5, 0.6) is 0 Å². The summed E-state index contributed by atoms with van der Waals surface area (Å²) in [5.41, 5.74) is 4.79. The quantitative estimate of drug-likeness (QED) is 0.797. The molecule has 110 valence electrons. The highest BCUT2D eigenvalue weighted by Gasteiger charge is 2.20.